The lowest BCUT2D eigenvalue weighted by Crippen LogP contribution is -2.40. The van der Waals surface area contributed by atoms with E-state index in [0.717, 1.165) is 17.7 Å². The third-order valence-electron chi connectivity index (χ3n) is 5.69. The lowest BCUT2D eigenvalue weighted by atomic mass is 9.98. The van der Waals surface area contributed by atoms with Crippen LogP contribution in [0.3, 0.4) is 0 Å². The number of hydrogen-bond donors (Lipinski definition) is 1. The highest BCUT2D eigenvalue weighted by atomic mass is 32.2. The molecule has 0 radical (unpaired) electrons. The molecule has 3 heterocycles. The lowest BCUT2D eigenvalue weighted by Gasteiger charge is -2.25. The number of ether oxygens (including phenoxy) is 3. The Hall–Kier alpha value is -2.75. The number of rotatable bonds is 7. The Morgan fingerprint density at radius 1 is 1.31 bits per heavy atom. The number of amides is 1. The zero-order valence-electron chi connectivity index (χ0n) is 18.5. The van der Waals surface area contributed by atoms with Crippen molar-refractivity contribution in [3.05, 3.63) is 30.3 Å². The molecule has 1 aromatic heterocycles. The van der Waals surface area contributed by atoms with Gasteiger partial charge < -0.3 is 19.5 Å². The van der Waals surface area contributed by atoms with Gasteiger partial charge in [0.1, 0.15) is 18.2 Å². The minimum atomic E-state index is -0.396. The van der Waals surface area contributed by atoms with Crippen molar-refractivity contribution in [1.29, 1.82) is 0 Å². The standard InChI is InChI=1S/C22H27FN4O4S/c1-12(2)30-22(28)27-13-5-8-17(27)18(9-13)31-21-19(29-3)20(24-11-25-21)26-16-7-6-14(32-4)10-15(16)23/h6-7,10-13,17-18H,5,8-9H2,1-4H3,(H,24,25,26)/t13?,17?,18-/m0/s1. The molecule has 0 spiro atoms. The SMILES string of the molecule is COc1c(Nc2ccc(SC)cc2F)ncnc1O[C@H]1CC2CCC1N2C(=O)OC(C)C. The van der Waals surface area contributed by atoms with Crippen molar-refractivity contribution in [2.75, 3.05) is 18.7 Å². The van der Waals surface area contributed by atoms with Crippen LogP contribution in [0.25, 0.3) is 0 Å². The largest absolute Gasteiger partial charge is 0.489 e. The predicted octanol–water partition coefficient (Wildman–Crippen LogP) is 4.62. The third kappa shape index (κ3) is 4.41. The highest BCUT2D eigenvalue weighted by Gasteiger charge is 2.51. The Labute approximate surface area is 190 Å². The number of methoxy groups -OCH3 is 1. The van der Waals surface area contributed by atoms with Crippen LogP contribution in [-0.2, 0) is 4.74 Å². The Kier molecular flexibility index (Phi) is 6.59. The minimum absolute atomic E-state index is 0.0844. The van der Waals surface area contributed by atoms with Crippen LogP contribution in [0, 0.1) is 5.82 Å². The van der Waals surface area contributed by atoms with Gasteiger partial charge in [-0.05, 0) is 51.1 Å². The second kappa shape index (κ2) is 9.40. The molecule has 2 aliphatic heterocycles. The van der Waals surface area contributed by atoms with Gasteiger partial charge in [-0.3, -0.25) is 4.90 Å². The Morgan fingerprint density at radius 3 is 2.81 bits per heavy atom. The molecule has 1 N–H and O–H groups in total. The van der Waals surface area contributed by atoms with E-state index in [2.05, 4.69) is 15.3 Å². The maximum Gasteiger partial charge on any atom is 0.410 e. The van der Waals surface area contributed by atoms with Gasteiger partial charge in [-0.1, -0.05) is 0 Å². The fraction of sp³-hybridized carbons (Fsp3) is 0.500. The molecule has 2 bridgehead atoms. The first-order valence-electron chi connectivity index (χ1n) is 10.6. The van der Waals surface area contributed by atoms with Crippen molar-refractivity contribution in [1.82, 2.24) is 14.9 Å². The predicted molar refractivity (Wildman–Crippen MR) is 119 cm³/mol. The zero-order chi connectivity index (χ0) is 22.8. The van der Waals surface area contributed by atoms with E-state index in [1.54, 1.807) is 11.0 Å². The molecule has 0 saturated carbocycles. The Morgan fingerprint density at radius 2 is 2.12 bits per heavy atom. The van der Waals surface area contributed by atoms with Crippen molar-refractivity contribution >= 4 is 29.4 Å². The molecule has 1 aromatic carbocycles. The maximum atomic E-state index is 14.5. The molecule has 2 unspecified atom stereocenters. The number of halogens is 1. The van der Waals surface area contributed by atoms with E-state index in [-0.39, 0.29) is 47.7 Å². The fourth-order valence-electron chi connectivity index (χ4n) is 4.32. The number of carbonyl (C=O) groups excluding carboxylic acids is 1. The summed E-state index contributed by atoms with van der Waals surface area (Å²) in [6.07, 6.45) is 4.97. The van der Waals surface area contributed by atoms with Crippen molar-refractivity contribution in [3.63, 3.8) is 0 Å². The van der Waals surface area contributed by atoms with Gasteiger partial charge in [0.05, 0.1) is 24.9 Å². The minimum Gasteiger partial charge on any atom is -0.489 e. The topological polar surface area (TPSA) is 85.8 Å². The number of thioether (sulfide) groups is 1. The van der Waals surface area contributed by atoms with Gasteiger partial charge in [-0.25, -0.2) is 14.2 Å². The van der Waals surface area contributed by atoms with Crippen molar-refractivity contribution in [3.8, 4) is 11.6 Å². The average Bonchev–Trinajstić information content (AvgIpc) is 3.33. The van der Waals surface area contributed by atoms with E-state index >= 15 is 0 Å². The first-order chi connectivity index (χ1) is 15.4. The van der Waals surface area contributed by atoms with Crippen molar-refractivity contribution in [2.24, 2.45) is 0 Å². The second-order valence-corrected chi connectivity index (χ2v) is 8.94. The number of nitrogens with zero attached hydrogens (tertiary/aromatic N) is 3. The molecule has 8 nitrogen and oxygen atoms in total. The molecule has 10 heteroatoms. The molecule has 32 heavy (non-hydrogen) atoms. The molecule has 1 amide bonds. The van der Waals surface area contributed by atoms with Gasteiger partial charge in [-0.2, -0.15) is 4.98 Å². The summed E-state index contributed by atoms with van der Waals surface area (Å²) in [5.74, 6) is 0.431. The van der Waals surface area contributed by atoms with E-state index in [4.69, 9.17) is 14.2 Å². The van der Waals surface area contributed by atoms with Gasteiger partial charge in [-0.15, -0.1) is 11.8 Å². The van der Waals surface area contributed by atoms with Gasteiger partial charge in [0.25, 0.3) is 5.88 Å². The maximum absolute atomic E-state index is 14.5. The second-order valence-electron chi connectivity index (χ2n) is 8.06. The van der Waals surface area contributed by atoms with Crippen LogP contribution >= 0.6 is 11.8 Å². The molecule has 4 rings (SSSR count). The van der Waals surface area contributed by atoms with Gasteiger partial charge in [0.15, 0.2) is 5.82 Å². The number of carbonyl (C=O) groups is 1. The number of hydrogen-bond acceptors (Lipinski definition) is 8. The van der Waals surface area contributed by atoms with Crippen LogP contribution in [0.1, 0.15) is 33.1 Å². The molecule has 2 aliphatic rings. The molecule has 2 aromatic rings. The zero-order valence-corrected chi connectivity index (χ0v) is 19.3. The van der Waals surface area contributed by atoms with E-state index in [1.807, 2.05) is 26.2 Å². The van der Waals surface area contributed by atoms with Gasteiger partial charge >= 0.3 is 6.09 Å². The van der Waals surface area contributed by atoms with Crippen LogP contribution in [0.4, 0.5) is 20.7 Å². The molecule has 2 fully saturated rings. The van der Waals surface area contributed by atoms with E-state index < -0.39 is 5.82 Å². The van der Waals surface area contributed by atoms with Crippen LogP contribution < -0.4 is 14.8 Å². The Bertz CT molecular complexity index is 992. The lowest BCUT2D eigenvalue weighted by molar-refractivity contribution is 0.0639. The number of aromatic nitrogens is 2. The molecular weight excluding hydrogens is 435 g/mol. The quantitative estimate of drug-likeness (QED) is 0.597. The normalized spacial score (nSPS) is 21.7. The summed E-state index contributed by atoms with van der Waals surface area (Å²) in [6, 6.07) is 4.93. The van der Waals surface area contributed by atoms with Gasteiger partial charge in [0, 0.05) is 17.4 Å². The number of anilines is 2. The molecule has 3 atom stereocenters. The highest BCUT2D eigenvalue weighted by molar-refractivity contribution is 7.98. The van der Waals surface area contributed by atoms with Crippen molar-refractivity contribution < 1.29 is 23.4 Å². The monoisotopic (exact) mass is 462 g/mol. The highest BCUT2D eigenvalue weighted by Crippen LogP contribution is 2.42. The number of fused-ring (bicyclic) bond motifs is 2. The van der Waals surface area contributed by atoms with E-state index in [1.165, 1.54) is 31.3 Å². The molecule has 0 aliphatic carbocycles. The summed E-state index contributed by atoms with van der Waals surface area (Å²) in [5, 5.41) is 2.97. The molecular formula is C22H27FN4O4S. The van der Waals surface area contributed by atoms with Crippen LogP contribution in [-0.4, -0.2) is 58.6 Å². The summed E-state index contributed by atoms with van der Waals surface area (Å²) in [5.41, 5.74) is 0.272. The summed E-state index contributed by atoms with van der Waals surface area (Å²) in [7, 11) is 1.48. The summed E-state index contributed by atoms with van der Waals surface area (Å²) in [6.45, 7) is 3.67. The fourth-order valence-corrected chi connectivity index (χ4v) is 4.74. The molecule has 172 valence electrons. The van der Waals surface area contributed by atoms with E-state index in [0.29, 0.717) is 12.2 Å². The third-order valence-corrected chi connectivity index (χ3v) is 6.42. The first kappa shape index (κ1) is 22.4. The summed E-state index contributed by atoms with van der Waals surface area (Å²) < 4.78 is 31.6. The smallest absolute Gasteiger partial charge is 0.410 e. The average molecular weight is 463 g/mol. The van der Waals surface area contributed by atoms with Gasteiger partial charge in [0.2, 0.25) is 5.75 Å². The van der Waals surface area contributed by atoms with E-state index in [9.17, 15) is 9.18 Å². The number of nitrogens with one attached hydrogen (secondary N) is 1. The van der Waals surface area contributed by atoms with Crippen LogP contribution in [0.5, 0.6) is 11.6 Å². The van der Waals surface area contributed by atoms with Crippen LogP contribution in [0.15, 0.2) is 29.4 Å². The number of benzene rings is 1. The van der Waals surface area contributed by atoms with Crippen LogP contribution in [0.2, 0.25) is 0 Å². The van der Waals surface area contributed by atoms with Crippen molar-refractivity contribution in [2.45, 2.75) is 62.3 Å². The first-order valence-corrected chi connectivity index (χ1v) is 11.8. The summed E-state index contributed by atoms with van der Waals surface area (Å²) in [4.78, 5) is 23.6. The molecule has 2 saturated heterocycles. The Balaban J connectivity index is 1.52. The summed E-state index contributed by atoms with van der Waals surface area (Å²) >= 11 is 1.46.